The highest BCUT2D eigenvalue weighted by molar-refractivity contribution is 6.35. The van der Waals surface area contributed by atoms with E-state index in [1.54, 1.807) is 12.1 Å². The van der Waals surface area contributed by atoms with Crippen LogP contribution in [0.2, 0.25) is 10.0 Å². The smallest absolute Gasteiger partial charge is 0.255 e. The first kappa shape index (κ1) is 22.7. The first-order valence-corrected chi connectivity index (χ1v) is 11.5. The van der Waals surface area contributed by atoms with Gasteiger partial charge in [-0.3, -0.25) is 4.79 Å². The van der Waals surface area contributed by atoms with E-state index < -0.39 is 5.82 Å². The Morgan fingerprint density at radius 3 is 2.62 bits per heavy atom. The van der Waals surface area contributed by atoms with Gasteiger partial charge in [0.1, 0.15) is 5.75 Å². The molecule has 0 bridgehead atoms. The van der Waals surface area contributed by atoms with Crippen LogP contribution in [-0.4, -0.2) is 28.0 Å². The molecule has 1 saturated carbocycles. The molecular formula is C23H25Cl2FN4O2. The molecule has 1 heterocycles. The molecule has 1 aliphatic carbocycles. The molecule has 0 spiro atoms. The molecule has 3 aromatic rings. The maximum atomic E-state index is 14.4. The molecule has 0 saturated heterocycles. The Hall–Kier alpha value is -2.51. The number of aromatic nitrogens is 2. The van der Waals surface area contributed by atoms with Crippen LogP contribution >= 0.6 is 23.2 Å². The number of aromatic amines is 1. The monoisotopic (exact) mass is 478 g/mol. The van der Waals surface area contributed by atoms with Crippen LogP contribution in [0.15, 0.2) is 24.3 Å². The summed E-state index contributed by atoms with van der Waals surface area (Å²) in [4.78, 5) is 20.6. The zero-order chi connectivity index (χ0) is 22.8. The molecule has 1 aromatic heterocycles. The van der Waals surface area contributed by atoms with Gasteiger partial charge >= 0.3 is 0 Å². The van der Waals surface area contributed by atoms with Crippen LogP contribution in [0.25, 0.3) is 11.0 Å². The second-order valence-corrected chi connectivity index (χ2v) is 9.08. The average Bonchev–Trinajstić information content (AvgIpc) is 3.15. The van der Waals surface area contributed by atoms with Gasteiger partial charge in [0.25, 0.3) is 5.91 Å². The number of benzene rings is 2. The fourth-order valence-electron chi connectivity index (χ4n) is 3.90. The minimum Gasteiger partial charge on any atom is -0.490 e. The standard InChI is InChI=1S/C23H25Cl2FN4O2/c1-12(2)32-19-11-18-17(10-14(19)22(31)27-13-6-4-3-5-7-13)28-23(29-18)30-21-16(25)9-8-15(24)20(21)26/h8-13H,3-7H2,1-2H3,(H,27,31)(H2,28,29,30). The summed E-state index contributed by atoms with van der Waals surface area (Å²) in [6.07, 6.45) is 5.30. The Morgan fingerprint density at radius 2 is 1.91 bits per heavy atom. The third kappa shape index (κ3) is 4.94. The number of carbonyl (C=O) groups is 1. The fraction of sp³-hybridized carbons (Fsp3) is 0.391. The number of amides is 1. The minimum absolute atomic E-state index is 0.0205. The number of halogens is 3. The van der Waals surface area contributed by atoms with E-state index in [0.717, 1.165) is 25.7 Å². The lowest BCUT2D eigenvalue weighted by atomic mass is 9.95. The Balaban J connectivity index is 1.67. The summed E-state index contributed by atoms with van der Waals surface area (Å²) in [6.45, 7) is 3.79. The van der Waals surface area contributed by atoms with Crippen molar-refractivity contribution in [2.24, 2.45) is 0 Å². The number of hydrogen-bond acceptors (Lipinski definition) is 4. The van der Waals surface area contributed by atoms with Crippen LogP contribution in [0.3, 0.4) is 0 Å². The molecule has 4 rings (SSSR count). The molecule has 6 nitrogen and oxygen atoms in total. The van der Waals surface area contributed by atoms with Crippen molar-refractivity contribution in [2.45, 2.75) is 58.1 Å². The normalized spacial score (nSPS) is 14.7. The van der Waals surface area contributed by atoms with Crippen LogP contribution in [0, 0.1) is 5.82 Å². The van der Waals surface area contributed by atoms with Gasteiger partial charge in [-0.1, -0.05) is 42.5 Å². The average molecular weight is 479 g/mol. The van der Waals surface area contributed by atoms with Crippen LogP contribution in [-0.2, 0) is 0 Å². The first-order chi connectivity index (χ1) is 15.3. The molecule has 9 heteroatoms. The lowest BCUT2D eigenvalue weighted by Crippen LogP contribution is -2.36. The maximum absolute atomic E-state index is 14.4. The Kier molecular flexibility index (Phi) is 6.76. The van der Waals surface area contributed by atoms with Crippen molar-refractivity contribution in [3.05, 3.63) is 45.7 Å². The Labute approximate surface area is 195 Å². The van der Waals surface area contributed by atoms with Gasteiger partial charge in [0.05, 0.1) is 38.4 Å². The van der Waals surface area contributed by atoms with Crippen molar-refractivity contribution in [3.63, 3.8) is 0 Å². The zero-order valence-corrected chi connectivity index (χ0v) is 19.4. The summed E-state index contributed by atoms with van der Waals surface area (Å²) in [5.74, 6) is -0.132. The molecule has 1 aliphatic rings. The number of rotatable bonds is 6. The van der Waals surface area contributed by atoms with Crippen molar-refractivity contribution >= 4 is 51.8 Å². The van der Waals surface area contributed by atoms with Gasteiger partial charge in [-0.05, 0) is 44.9 Å². The lowest BCUT2D eigenvalue weighted by molar-refractivity contribution is 0.0922. The predicted molar refractivity (Wildman–Crippen MR) is 126 cm³/mol. The van der Waals surface area contributed by atoms with E-state index in [2.05, 4.69) is 20.6 Å². The van der Waals surface area contributed by atoms with Crippen molar-refractivity contribution in [2.75, 3.05) is 5.32 Å². The molecule has 32 heavy (non-hydrogen) atoms. The number of hydrogen-bond donors (Lipinski definition) is 3. The van der Waals surface area contributed by atoms with Gasteiger partial charge in [0.15, 0.2) is 5.82 Å². The van der Waals surface area contributed by atoms with Gasteiger partial charge in [-0.25, -0.2) is 9.37 Å². The zero-order valence-electron chi connectivity index (χ0n) is 17.9. The number of nitrogens with one attached hydrogen (secondary N) is 3. The van der Waals surface area contributed by atoms with Gasteiger partial charge in [-0.2, -0.15) is 0 Å². The highest BCUT2D eigenvalue weighted by atomic mass is 35.5. The molecule has 170 valence electrons. The van der Waals surface area contributed by atoms with E-state index in [-0.39, 0.29) is 39.7 Å². The lowest BCUT2D eigenvalue weighted by Gasteiger charge is -2.23. The van der Waals surface area contributed by atoms with Gasteiger partial charge in [-0.15, -0.1) is 0 Å². The van der Waals surface area contributed by atoms with Gasteiger partial charge < -0.3 is 20.4 Å². The highest BCUT2D eigenvalue weighted by Gasteiger charge is 2.22. The molecule has 3 N–H and O–H groups in total. The summed E-state index contributed by atoms with van der Waals surface area (Å²) >= 11 is 12.0. The fourth-order valence-corrected chi connectivity index (χ4v) is 4.25. The third-order valence-corrected chi connectivity index (χ3v) is 6.03. The number of carbonyl (C=O) groups excluding carboxylic acids is 1. The number of imidazole rings is 1. The van der Waals surface area contributed by atoms with Crippen LogP contribution in [0.4, 0.5) is 16.0 Å². The predicted octanol–water partition coefficient (Wildman–Crippen LogP) is 6.60. The topological polar surface area (TPSA) is 79.0 Å². The van der Waals surface area contributed by atoms with Crippen molar-refractivity contribution < 1.29 is 13.9 Å². The largest absolute Gasteiger partial charge is 0.490 e. The highest BCUT2D eigenvalue weighted by Crippen LogP contribution is 2.33. The second kappa shape index (κ2) is 9.55. The Bertz CT molecular complexity index is 1140. The third-order valence-electron chi connectivity index (χ3n) is 5.42. The van der Waals surface area contributed by atoms with Gasteiger partial charge in [0.2, 0.25) is 5.95 Å². The Morgan fingerprint density at radius 1 is 1.19 bits per heavy atom. The summed E-state index contributed by atoms with van der Waals surface area (Å²) in [5, 5.41) is 6.09. The summed E-state index contributed by atoms with van der Waals surface area (Å²) in [7, 11) is 0. The number of ether oxygens (including phenoxy) is 1. The molecule has 1 fully saturated rings. The SMILES string of the molecule is CC(C)Oc1cc2nc(Nc3c(Cl)ccc(Cl)c3F)[nH]c2cc1C(=O)NC1CCCCC1. The second-order valence-electron chi connectivity index (χ2n) is 8.27. The molecule has 0 atom stereocenters. The van der Waals surface area contributed by atoms with E-state index >= 15 is 0 Å². The summed E-state index contributed by atoms with van der Waals surface area (Å²) < 4.78 is 20.3. The van der Waals surface area contributed by atoms with Crippen LogP contribution in [0.1, 0.15) is 56.3 Å². The molecule has 1 amide bonds. The van der Waals surface area contributed by atoms with Gasteiger partial charge in [0, 0.05) is 12.1 Å². The first-order valence-electron chi connectivity index (χ1n) is 10.7. The van der Waals surface area contributed by atoms with E-state index in [1.165, 1.54) is 18.6 Å². The quantitative estimate of drug-likeness (QED) is 0.348. The van der Waals surface area contributed by atoms with E-state index in [0.29, 0.717) is 22.3 Å². The van der Waals surface area contributed by atoms with Crippen molar-refractivity contribution in [1.82, 2.24) is 15.3 Å². The molecule has 0 unspecified atom stereocenters. The molecule has 0 radical (unpaired) electrons. The van der Waals surface area contributed by atoms with Crippen molar-refractivity contribution in [1.29, 1.82) is 0 Å². The van der Waals surface area contributed by atoms with E-state index in [9.17, 15) is 9.18 Å². The summed E-state index contributed by atoms with van der Waals surface area (Å²) in [5.41, 5.74) is 1.62. The molecular weight excluding hydrogens is 454 g/mol. The van der Waals surface area contributed by atoms with Crippen LogP contribution < -0.4 is 15.4 Å². The molecule has 0 aliphatic heterocycles. The summed E-state index contributed by atoms with van der Waals surface area (Å²) in [6, 6.07) is 6.48. The van der Waals surface area contributed by atoms with Crippen LogP contribution in [0.5, 0.6) is 5.75 Å². The maximum Gasteiger partial charge on any atom is 0.255 e. The minimum atomic E-state index is -0.670. The molecule has 2 aromatic carbocycles. The van der Waals surface area contributed by atoms with Crippen molar-refractivity contribution in [3.8, 4) is 5.75 Å². The van der Waals surface area contributed by atoms with E-state index in [4.69, 9.17) is 27.9 Å². The number of H-pyrrole nitrogens is 1. The number of fused-ring (bicyclic) bond motifs is 1. The van der Waals surface area contributed by atoms with E-state index in [1.807, 2.05) is 13.8 Å². The number of nitrogens with zero attached hydrogens (tertiary/aromatic N) is 1. The number of anilines is 2.